The molecule has 0 aliphatic carbocycles. The van der Waals surface area contributed by atoms with Crippen LogP contribution in [0.3, 0.4) is 0 Å². The summed E-state index contributed by atoms with van der Waals surface area (Å²) in [5, 5.41) is 3.56. The van der Waals surface area contributed by atoms with Gasteiger partial charge in [0.05, 0.1) is 21.3 Å². The third-order valence-electron chi connectivity index (χ3n) is 2.94. The van der Waals surface area contributed by atoms with Gasteiger partial charge in [-0.15, -0.1) is 0 Å². The SMILES string of the molecule is C[C@H](OC(=O)c1ccccc1Cl)C(=O)Nc1ccc(Cl)cc1Cl. The lowest BCUT2D eigenvalue weighted by atomic mass is 10.2. The Morgan fingerprint density at radius 2 is 1.74 bits per heavy atom. The van der Waals surface area contributed by atoms with Gasteiger partial charge in [-0.3, -0.25) is 4.79 Å². The summed E-state index contributed by atoms with van der Waals surface area (Å²) < 4.78 is 5.11. The molecule has 4 nitrogen and oxygen atoms in total. The molecule has 0 bridgehead atoms. The molecule has 120 valence electrons. The number of hydrogen-bond donors (Lipinski definition) is 1. The Labute approximate surface area is 148 Å². The lowest BCUT2D eigenvalue weighted by Crippen LogP contribution is -2.30. The smallest absolute Gasteiger partial charge is 0.340 e. The summed E-state index contributed by atoms with van der Waals surface area (Å²) in [5.74, 6) is -1.20. The van der Waals surface area contributed by atoms with Crippen molar-refractivity contribution < 1.29 is 14.3 Å². The Kier molecular flexibility index (Phi) is 5.88. The molecule has 0 aliphatic heterocycles. The second-order valence-electron chi connectivity index (χ2n) is 4.64. The molecule has 1 N–H and O–H groups in total. The standard InChI is InChI=1S/C16H12Cl3NO3/c1-9(23-16(22)11-4-2-3-5-12(11)18)15(21)20-14-7-6-10(17)8-13(14)19/h2-9H,1H3,(H,20,21)/t9-/m0/s1. The summed E-state index contributed by atoms with van der Waals surface area (Å²) in [5.41, 5.74) is 0.569. The molecular formula is C16H12Cl3NO3. The topological polar surface area (TPSA) is 55.4 Å². The first-order valence-electron chi connectivity index (χ1n) is 6.60. The fourth-order valence-corrected chi connectivity index (χ4v) is 2.40. The second-order valence-corrected chi connectivity index (χ2v) is 5.89. The van der Waals surface area contributed by atoms with Crippen molar-refractivity contribution in [3.05, 3.63) is 63.1 Å². The van der Waals surface area contributed by atoms with Crippen LogP contribution in [-0.2, 0) is 9.53 Å². The van der Waals surface area contributed by atoms with Gasteiger partial charge in [-0.25, -0.2) is 4.79 Å². The lowest BCUT2D eigenvalue weighted by Gasteiger charge is -2.14. The lowest BCUT2D eigenvalue weighted by molar-refractivity contribution is -0.123. The van der Waals surface area contributed by atoms with Crippen LogP contribution in [0.1, 0.15) is 17.3 Å². The summed E-state index contributed by atoms with van der Waals surface area (Å²) in [7, 11) is 0. The van der Waals surface area contributed by atoms with Crippen molar-refractivity contribution >= 4 is 52.4 Å². The van der Waals surface area contributed by atoms with Crippen LogP contribution >= 0.6 is 34.8 Å². The first-order chi connectivity index (χ1) is 10.9. The Hall–Kier alpha value is -1.75. The number of halogens is 3. The Morgan fingerprint density at radius 3 is 2.39 bits per heavy atom. The summed E-state index contributed by atoms with van der Waals surface area (Å²) in [4.78, 5) is 24.1. The predicted octanol–water partition coefficient (Wildman–Crippen LogP) is 4.83. The van der Waals surface area contributed by atoms with Crippen molar-refractivity contribution in [3.8, 4) is 0 Å². The van der Waals surface area contributed by atoms with E-state index in [1.165, 1.54) is 19.1 Å². The maximum atomic E-state index is 12.1. The number of amides is 1. The molecule has 0 radical (unpaired) electrons. The molecule has 7 heteroatoms. The Balaban J connectivity index is 2.03. The molecule has 2 aromatic carbocycles. The van der Waals surface area contributed by atoms with Gasteiger partial charge in [-0.05, 0) is 37.3 Å². The van der Waals surface area contributed by atoms with Crippen LogP contribution < -0.4 is 5.32 Å². The van der Waals surface area contributed by atoms with Crippen molar-refractivity contribution in [1.82, 2.24) is 0 Å². The second kappa shape index (κ2) is 7.68. The van der Waals surface area contributed by atoms with Gasteiger partial charge in [0, 0.05) is 5.02 Å². The third-order valence-corrected chi connectivity index (χ3v) is 3.81. The summed E-state index contributed by atoms with van der Waals surface area (Å²) in [6, 6.07) is 11.1. The van der Waals surface area contributed by atoms with Gasteiger partial charge in [-0.1, -0.05) is 46.9 Å². The van der Waals surface area contributed by atoms with Crippen LogP contribution in [0.4, 0.5) is 5.69 Å². The molecule has 0 spiro atoms. The molecule has 2 rings (SSSR count). The van der Waals surface area contributed by atoms with E-state index >= 15 is 0 Å². The molecule has 0 aliphatic rings. The molecule has 0 saturated heterocycles. The van der Waals surface area contributed by atoms with Crippen LogP contribution in [0.25, 0.3) is 0 Å². The van der Waals surface area contributed by atoms with Crippen molar-refractivity contribution in [2.45, 2.75) is 13.0 Å². The minimum Gasteiger partial charge on any atom is -0.449 e. The van der Waals surface area contributed by atoms with Crippen LogP contribution in [0.2, 0.25) is 15.1 Å². The highest BCUT2D eigenvalue weighted by Gasteiger charge is 2.21. The van der Waals surface area contributed by atoms with Crippen LogP contribution in [0, 0.1) is 0 Å². The minimum atomic E-state index is -1.02. The zero-order chi connectivity index (χ0) is 17.0. The molecular weight excluding hydrogens is 361 g/mol. The Morgan fingerprint density at radius 1 is 1.04 bits per heavy atom. The molecule has 1 atom stereocenters. The molecule has 1 amide bonds. The van der Waals surface area contributed by atoms with E-state index in [0.717, 1.165) is 0 Å². The average Bonchev–Trinajstić information content (AvgIpc) is 2.50. The summed E-state index contributed by atoms with van der Waals surface area (Å²) in [6.07, 6.45) is -1.02. The highest BCUT2D eigenvalue weighted by atomic mass is 35.5. The van der Waals surface area contributed by atoms with E-state index in [2.05, 4.69) is 5.32 Å². The van der Waals surface area contributed by atoms with Crippen molar-refractivity contribution in [3.63, 3.8) is 0 Å². The number of benzene rings is 2. The number of ether oxygens (including phenoxy) is 1. The Bertz CT molecular complexity index is 749. The minimum absolute atomic E-state index is 0.193. The number of carbonyl (C=O) groups excluding carboxylic acids is 2. The van der Waals surface area contributed by atoms with E-state index in [0.29, 0.717) is 10.7 Å². The van der Waals surface area contributed by atoms with E-state index in [9.17, 15) is 9.59 Å². The number of esters is 1. The van der Waals surface area contributed by atoms with Gasteiger partial charge >= 0.3 is 5.97 Å². The average molecular weight is 373 g/mol. The van der Waals surface area contributed by atoms with E-state index in [-0.39, 0.29) is 15.6 Å². The maximum absolute atomic E-state index is 12.1. The number of rotatable bonds is 4. The number of anilines is 1. The van der Waals surface area contributed by atoms with Crippen molar-refractivity contribution in [1.29, 1.82) is 0 Å². The molecule has 0 unspecified atom stereocenters. The van der Waals surface area contributed by atoms with Gasteiger partial charge in [0.15, 0.2) is 6.10 Å². The normalized spacial score (nSPS) is 11.7. The fourth-order valence-electron chi connectivity index (χ4n) is 1.73. The van der Waals surface area contributed by atoms with Gasteiger partial charge < -0.3 is 10.1 Å². The van der Waals surface area contributed by atoms with E-state index in [4.69, 9.17) is 39.5 Å². The summed E-state index contributed by atoms with van der Waals surface area (Å²) in [6.45, 7) is 1.45. The number of hydrogen-bond acceptors (Lipinski definition) is 3. The first-order valence-corrected chi connectivity index (χ1v) is 7.73. The fraction of sp³-hybridized carbons (Fsp3) is 0.125. The maximum Gasteiger partial charge on any atom is 0.340 e. The van der Waals surface area contributed by atoms with E-state index in [1.54, 1.807) is 30.3 Å². The quantitative estimate of drug-likeness (QED) is 0.782. The van der Waals surface area contributed by atoms with Crippen molar-refractivity contribution in [2.75, 3.05) is 5.32 Å². The van der Waals surface area contributed by atoms with Gasteiger partial charge in [-0.2, -0.15) is 0 Å². The van der Waals surface area contributed by atoms with Crippen LogP contribution in [-0.4, -0.2) is 18.0 Å². The first kappa shape index (κ1) is 17.6. The van der Waals surface area contributed by atoms with Crippen LogP contribution in [0.5, 0.6) is 0 Å². The van der Waals surface area contributed by atoms with E-state index < -0.39 is 18.0 Å². The summed E-state index contributed by atoms with van der Waals surface area (Å²) >= 11 is 17.7. The molecule has 0 aromatic heterocycles. The van der Waals surface area contributed by atoms with E-state index in [1.807, 2.05) is 0 Å². The number of carbonyl (C=O) groups is 2. The molecule has 23 heavy (non-hydrogen) atoms. The van der Waals surface area contributed by atoms with Crippen LogP contribution in [0.15, 0.2) is 42.5 Å². The largest absolute Gasteiger partial charge is 0.449 e. The molecule has 0 saturated carbocycles. The monoisotopic (exact) mass is 371 g/mol. The van der Waals surface area contributed by atoms with Crippen molar-refractivity contribution in [2.24, 2.45) is 0 Å². The van der Waals surface area contributed by atoms with Gasteiger partial charge in [0.25, 0.3) is 5.91 Å². The highest BCUT2D eigenvalue weighted by molar-refractivity contribution is 6.36. The molecule has 0 fully saturated rings. The number of nitrogens with one attached hydrogen (secondary N) is 1. The zero-order valence-corrected chi connectivity index (χ0v) is 14.2. The zero-order valence-electron chi connectivity index (χ0n) is 12.0. The van der Waals surface area contributed by atoms with Gasteiger partial charge in [0.1, 0.15) is 0 Å². The van der Waals surface area contributed by atoms with Gasteiger partial charge in [0.2, 0.25) is 0 Å². The highest BCUT2D eigenvalue weighted by Crippen LogP contribution is 2.25. The molecule has 2 aromatic rings. The predicted molar refractivity (Wildman–Crippen MR) is 91.4 cm³/mol. The molecule has 0 heterocycles. The third kappa shape index (κ3) is 4.61.